The number of esters is 1. The smallest absolute Gasteiger partial charge is 0.341 e. The van der Waals surface area contributed by atoms with E-state index in [0.29, 0.717) is 22.8 Å². The van der Waals surface area contributed by atoms with Crippen LogP contribution in [0.5, 0.6) is 0 Å². The number of nitriles is 2. The number of carbonyl (C=O) groups excluding carboxylic acids is 3. The summed E-state index contributed by atoms with van der Waals surface area (Å²) in [5.41, 5.74) is 2.92. The summed E-state index contributed by atoms with van der Waals surface area (Å²) in [5.74, 6) is -1.55. The van der Waals surface area contributed by atoms with Crippen LogP contribution in [0, 0.1) is 22.7 Å². The lowest BCUT2D eigenvalue weighted by Crippen LogP contribution is -2.21. The third-order valence-electron chi connectivity index (χ3n) is 4.71. The van der Waals surface area contributed by atoms with Crippen LogP contribution in [0.25, 0.3) is 0 Å². The van der Waals surface area contributed by atoms with Crippen LogP contribution < -0.4 is 10.6 Å². The van der Waals surface area contributed by atoms with Gasteiger partial charge in [-0.2, -0.15) is 10.5 Å². The molecule has 0 aliphatic carbocycles. The molecule has 0 fully saturated rings. The van der Waals surface area contributed by atoms with Crippen molar-refractivity contribution in [2.75, 3.05) is 23.0 Å². The zero-order valence-electron chi connectivity index (χ0n) is 19.1. The fourth-order valence-corrected chi connectivity index (χ4v) is 3.77. The lowest BCUT2D eigenvalue weighted by atomic mass is 10.1. The molecule has 0 bridgehead atoms. The Labute approximate surface area is 212 Å². The summed E-state index contributed by atoms with van der Waals surface area (Å²) < 4.78 is 5.13. The van der Waals surface area contributed by atoms with E-state index in [0.717, 1.165) is 22.9 Å². The Morgan fingerprint density at radius 3 is 1.94 bits per heavy atom. The highest BCUT2D eigenvalue weighted by Gasteiger charge is 2.17. The van der Waals surface area contributed by atoms with Crippen molar-refractivity contribution in [3.8, 4) is 12.1 Å². The first kappa shape index (κ1) is 25.9. The van der Waals surface area contributed by atoms with Crippen LogP contribution in [0.2, 0.25) is 0 Å². The second-order valence-electron chi connectivity index (χ2n) is 7.38. The predicted octanol–water partition coefficient (Wildman–Crippen LogP) is 3.74. The maximum atomic E-state index is 12.6. The van der Waals surface area contributed by atoms with Gasteiger partial charge >= 0.3 is 5.97 Å². The molecule has 180 valence electrons. The molecule has 2 aromatic carbocycles. The molecule has 9 nitrogen and oxygen atoms in total. The first-order valence-electron chi connectivity index (χ1n) is 10.7. The van der Waals surface area contributed by atoms with Crippen molar-refractivity contribution in [2.24, 2.45) is 0 Å². The molecule has 0 saturated carbocycles. The van der Waals surface area contributed by atoms with Crippen molar-refractivity contribution in [2.45, 2.75) is 17.9 Å². The number of hydrogen-bond acceptors (Lipinski definition) is 8. The van der Waals surface area contributed by atoms with E-state index in [1.54, 1.807) is 54.6 Å². The van der Waals surface area contributed by atoms with Crippen molar-refractivity contribution in [3.05, 3.63) is 83.6 Å². The number of carbonyl (C=O) groups is 3. The molecule has 0 atom stereocenters. The summed E-state index contributed by atoms with van der Waals surface area (Å²) in [6, 6.07) is 20.9. The number of benzene rings is 2. The lowest BCUT2D eigenvalue weighted by molar-refractivity contribution is -0.119. The molecule has 0 unspecified atom stereocenters. The van der Waals surface area contributed by atoms with Gasteiger partial charge in [-0.3, -0.25) is 9.59 Å². The van der Waals surface area contributed by atoms with Gasteiger partial charge in [-0.1, -0.05) is 36.0 Å². The van der Waals surface area contributed by atoms with Crippen molar-refractivity contribution in [1.82, 2.24) is 4.98 Å². The van der Waals surface area contributed by atoms with E-state index in [9.17, 15) is 14.4 Å². The van der Waals surface area contributed by atoms with Crippen LogP contribution in [0.4, 0.5) is 11.4 Å². The molecule has 0 saturated heterocycles. The van der Waals surface area contributed by atoms with Crippen molar-refractivity contribution < 1.29 is 19.1 Å². The lowest BCUT2D eigenvalue weighted by Gasteiger charge is -2.10. The molecule has 2 amide bonds. The Hall–Kier alpha value is -4.67. The zero-order chi connectivity index (χ0) is 25.8. The normalized spacial score (nSPS) is 9.94. The Morgan fingerprint density at radius 2 is 1.39 bits per heavy atom. The molecule has 1 aromatic heterocycles. The van der Waals surface area contributed by atoms with E-state index >= 15 is 0 Å². The van der Waals surface area contributed by atoms with Crippen molar-refractivity contribution in [3.63, 3.8) is 0 Å². The highest BCUT2D eigenvalue weighted by molar-refractivity contribution is 8.00. The zero-order valence-corrected chi connectivity index (χ0v) is 19.9. The number of ether oxygens (including phenoxy) is 1. The average Bonchev–Trinajstić information content (AvgIpc) is 2.89. The molecule has 3 aromatic rings. The van der Waals surface area contributed by atoms with Gasteiger partial charge in [0.25, 0.3) is 5.91 Å². The third-order valence-corrected chi connectivity index (χ3v) is 5.71. The summed E-state index contributed by atoms with van der Waals surface area (Å²) in [5, 5.41) is 23.1. The van der Waals surface area contributed by atoms with Crippen LogP contribution in [0.1, 0.15) is 21.5 Å². The molecule has 1 heterocycles. The first-order valence-corrected chi connectivity index (χ1v) is 11.7. The second-order valence-corrected chi connectivity index (χ2v) is 8.34. The van der Waals surface area contributed by atoms with E-state index in [1.807, 2.05) is 6.07 Å². The number of nitrogens with zero attached hydrogens (tertiary/aromatic N) is 3. The summed E-state index contributed by atoms with van der Waals surface area (Å²) >= 11 is 1.07. The minimum absolute atomic E-state index is 0.000473. The number of pyridine rings is 1. The molecule has 2 N–H and O–H groups in total. The largest absolute Gasteiger partial charge is 0.452 e. The summed E-state index contributed by atoms with van der Waals surface area (Å²) in [6.45, 7) is -0.500. The molecule has 0 radical (unpaired) electrons. The monoisotopic (exact) mass is 499 g/mol. The van der Waals surface area contributed by atoms with Crippen molar-refractivity contribution >= 4 is 40.9 Å². The van der Waals surface area contributed by atoms with Gasteiger partial charge in [0, 0.05) is 17.6 Å². The van der Waals surface area contributed by atoms with Gasteiger partial charge in [-0.25, -0.2) is 9.78 Å². The van der Waals surface area contributed by atoms with Gasteiger partial charge in [-0.15, -0.1) is 0 Å². The van der Waals surface area contributed by atoms with Crippen LogP contribution in [-0.4, -0.2) is 35.1 Å². The molecular formula is C26H21N5O4S. The van der Waals surface area contributed by atoms with Gasteiger partial charge in [-0.05, 0) is 47.5 Å². The Morgan fingerprint density at radius 1 is 0.833 bits per heavy atom. The SMILES string of the molecule is N#CCc1ccc(NC(=O)COC(=O)c2cccnc2SCC(=O)Nc2ccc(CC#N)cc2)cc1. The van der Waals surface area contributed by atoms with Crippen LogP contribution in [-0.2, 0) is 27.2 Å². The molecular weight excluding hydrogens is 478 g/mol. The second kappa shape index (κ2) is 13.3. The molecule has 0 aliphatic heterocycles. The maximum absolute atomic E-state index is 12.6. The summed E-state index contributed by atoms with van der Waals surface area (Å²) in [7, 11) is 0. The van der Waals surface area contributed by atoms with Gasteiger partial charge in [0.05, 0.1) is 36.3 Å². The third kappa shape index (κ3) is 7.97. The Balaban J connectivity index is 1.50. The van der Waals surface area contributed by atoms with E-state index in [2.05, 4.69) is 21.7 Å². The average molecular weight is 500 g/mol. The van der Waals surface area contributed by atoms with Gasteiger partial charge < -0.3 is 15.4 Å². The number of rotatable bonds is 10. The number of nitrogens with one attached hydrogen (secondary N) is 2. The maximum Gasteiger partial charge on any atom is 0.341 e. The molecule has 10 heteroatoms. The first-order chi connectivity index (χ1) is 17.5. The number of anilines is 2. The molecule has 0 aliphatic rings. The fourth-order valence-electron chi connectivity index (χ4n) is 2.99. The minimum Gasteiger partial charge on any atom is -0.452 e. The molecule has 3 rings (SSSR count). The molecule has 0 spiro atoms. The fraction of sp³-hybridized carbons (Fsp3) is 0.154. The van der Waals surface area contributed by atoms with Gasteiger partial charge in [0.1, 0.15) is 5.03 Å². The van der Waals surface area contributed by atoms with Gasteiger partial charge in [0.2, 0.25) is 5.91 Å². The predicted molar refractivity (Wildman–Crippen MR) is 134 cm³/mol. The highest BCUT2D eigenvalue weighted by atomic mass is 32.2. The number of thioether (sulfide) groups is 1. The van der Waals surface area contributed by atoms with Gasteiger partial charge in [0.15, 0.2) is 6.61 Å². The number of amides is 2. The van der Waals surface area contributed by atoms with Crippen LogP contribution in [0.3, 0.4) is 0 Å². The minimum atomic E-state index is -0.737. The topological polar surface area (TPSA) is 145 Å². The van der Waals surface area contributed by atoms with E-state index in [4.69, 9.17) is 15.3 Å². The standard InChI is InChI=1S/C26H21N5O4S/c27-13-11-18-3-7-20(8-4-18)30-23(32)16-35-26(34)22-2-1-15-29-25(22)36-17-24(33)31-21-9-5-19(6-10-21)12-14-28/h1-10,15H,11-12,16-17H2,(H,30,32)(H,31,33). The van der Waals surface area contributed by atoms with E-state index in [1.165, 1.54) is 12.3 Å². The van der Waals surface area contributed by atoms with E-state index < -0.39 is 18.5 Å². The number of hydrogen-bond donors (Lipinski definition) is 2. The summed E-state index contributed by atoms with van der Waals surface area (Å²) in [4.78, 5) is 41.2. The highest BCUT2D eigenvalue weighted by Crippen LogP contribution is 2.21. The Kier molecular flexibility index (Phi) is 9.57. The number of aromatic nitrogens is 1. The van der Waals surface area contributed by atoms with Crippen LogP contribution in [0.15, 0.2) is 71.9 Å². The van der Waals surface area contributed by atoms with Crippen molar-refractivity contribution in [1.29, 1.82) is 10.5 Å². The van der Waals surface area contributed by atoms with E-state index in [-0.39, 0.29) is 23.6 Å². The molecule has 36 heavy (non-hydrogen) atoms. The summed E-state index contributed by atoms with van der Waals surface area (Å²) in [6.07, 6.45) is 2.06. The Bertz CT molecular complexity index is 1310. The quantitative estimate of drug-likeness (QED) is 0.317. The van der Waals surface area contributed by atoms with Crippen LogP contribution >= 0.6 is 11.8 Å².